The molecule has 0 heterocycles. The first-order valence-corrected chi connectivity index (χ1v) is 9.65. The molecule has 0 saturated carbocycles. The van der Waals surface area contributed by atoms with Gasteiger partial charge in [-0.1, -0.05) is 26.0 Å². The number of aliphatic hydroxyl groups excluding tert-OH is 2. The average Bonchev–Trinajstić information content (AvgIpc) is 2.71. The quantitative estimate of drug-likeness (QED) is 0.434. The van der Waals surface area contributed by atoms with Gasteiger partial charge in [-0.2, -0.15) is 0 Å². The van der Waals surface area contributed by atoms with Crippen molar-refractivity contribution in [1.82, 2.24) is 0 Å². The Labute approximate surface area is 171 Å². The number of non-ortho nitro benzene ring substituents is 1. The van der Waals surface area contributed by atoms with Gasteiger partial charge in [0.25, 0.3) is 5.69 Å². The van der Waals surface area contributed by atoms with Crippen LogP contribution in [0.1, 0.15) is 43.9 Å². The Morgan fingerprint density at radius 1 is 1.00 bits per heavy atom. The van der Waals surface area contributed by atoms with E-state index < -0.39 is 23.2 Å². The van der Waals surface area contributed by atoms with Gasteiger partial charge in [0.05, 0.1) is 37.0 Å². The Morgan fingerprint density at radius 2 is 1.62 bits per heavy atom. The molecule has 0 fully saturated rings. The van der Waals surface area contributed by atoms with E-state index in [1.807, 2.05) is 38.1 Å². The number of rotatable bonds is 11. The maximum atomic E-state index is 10.9. The Morgan fingerprint density at radius 3 is 2.14 bits per heavy atom. The lowest BCUT2D eigenvalue weighted by Gasteiger charge is -2.24. The first-order chi connectivity index (χ1) is 13.8. The zero-order valence-electron chi connectivity index (χ0n) is 17.0. The van der Waals surface area contributed by atoms with Gasteiger partial charge in [-0.25, -0.2) is 0 Å². The minimum absolute atomic E-state index is 0.00145. The molecule has 0 aliphatic heterocycles. The maximum absolute atomic E-state index is 10.9. The van der Waals surface area contributed by atoms with Crippen LogP contribution >= 0.6 is 0 Å². The average molecular weight is 403 g/mol. The highest BCUT2D eigenvalue weighted by molar-refractivity contribution is 5.34. The molecule has 2 aromatic carbocycles. The first-order valence-electron chi connectivity index (χ1n) is 9.65. The topological polar surface area (TPSA) is 102 Å². The minimum atomic E-state index is -0.761. The van der Waals surface area contributed by atoms with Crippen LogP contribution in [0.3, 0.4) is 0 Å². The first kappa shape index (κ1) is 22.8. The van der Waals surface area contributed by atoms with E-state index in [4.69, 9.17) is 9.47 Å². The number of benzene rings is 2. The van der Waals surface area contributed by atoms with E-state index in [1.165, 1.54) is 12.1 Å². The van der Waals surface area contributed by atoms with E-state index >= 15 is 0 Å². The van der Waals surface area contributed by atoms with E-state index in [1.54, 1.807) is 19.2 Å². The summed E-state index contributed by atoms with van der Waals surface area (Å²) in [6, 6.07) is 13.6. The van der Waals surface area contributed by atoms with Crippen LogP contribution in [0, 0.1) is 16.0 Å². The number of nitro benzene ring substituents is 1. The molecule has 0 aromatic heterocycles. The van der Waals surface area contributed by atoms with E-state index in [0.717, 1.165) is 16.9 Å². The number of nitro groups is 1. The SMILES string of the molecule is COc1ccc(CO[C@@H](C[C@@H](O)C[C@H](O)C(C)C)c2ccc([N+](=O)[O-])cc2)cc1. The fourth-order valence-corrected chi connectivity index (χ4v) is 2.92. The molecule has 7 heteroatoms. The summed E-state index contributed by atoms with van der Waals surface area (Å²) in [6.45, 7) is 4.10. The van der Waals surface area contributed by atoms with Gasteiger partial charge in [0.15, 0.2) is 0 Å². The summed E-state index contributed by atoms with van der Waals surface area (Å²) in [7, 11) is 1.60. The van der Waals surface area contributed by atoms with Crippen molar-refractivity contribution < 1.29 is 24.6 Å². The van der Waals surface area contributed by atoms with Crippen LogP contribution in [0.5, 0.6) is 5.75 Å². The molecule has 0 amide bonds. The second-order valence-corrected chi connectivity index (χ2v) is 7.43. The zero-order valence-corrected chi connectivity index (χ0v) is 17.0. The molecule has 0 spiro atoms. The molecule has 29 heavy (non-hydrogen) atoms. The van der Waals surface area contributed by atoms with Crippen molar-refractivity contribution in [2.24, 2.45) is 5.92 Å². The standard InChI is InChI=1S/C22H29NO6/c1-15(2)21(25)12-19(24)13-22(17-6-8-18(9-7-17)23(26)27)29-14-16-4-10-20(28-3)11-5-16/h4-11,15,19,21-22,24-25H,12-14H2,1-3H3/t19-,21-,22-/m0/s1. The van der Waals surface area contributed by atoms with Crippen LogP contribution in [-0.4, -0.2) is 34.5 Å². The molecule has 0 bridgehead atoms. The van der Waals surface area contributed by atoms with Gasteiger partial charge in [-0.05, 0) is 47.7 Å². The lowest BCUT2D eigenvalue weighted by Crippen LogP contribution is -2.24. The summed E-state index contributed by atoms with van der Waals surface area (Å²) >= 11 is 0. The number of hydrogen-bond acceptors (Lipinski definition) is 6. The third-order valence-electron chi connectivity index (χ3n) is 4.86. The van der Waals surface area contributed by atoms with Crippen LogP contribution in [0.15, 0.2) is 48.5 Å². The van der Waals surface area contributed by atoms with Crippen LogP contribution in [0.2, 0.25) is 0 Å². The van der Waals surface area contributed by atoms with Crippen molar-refractivity contribution in [3.63, 3.8) is 0 Å². The van der Waals surface area contributed by atoms with Crippen LogP contribution in [-0.2, 0) is 11.3 Å². The summed E-state index contributed by atoms with van der Waals surface area (Å²) in [5.41, 5.74) is 1.68. The number of hydrogen-bond donors (Lipinski definition) is 2. The summed E-state index contributed by atoms with van der Waals surface area (Å²) in [6.07, 6.45) is -1.31. The second kappa shape index (κ2) is 10.9. The zero-order chi connectivity index (χ0) is 21.4. The fraction of sp³-hybridized carbons (Fsp3) is 0.455. The molecule has 7 nitrogen and oxygen atoms in total. The summed E-state index contributed by atoms with van der Waals surface area (Å²) in [5.74, 6) is 0.793. The second-order valence-electron chi connectivity index (χ2n) is 7.43. The van der Waals surface area contributed by atoms with Crippen LogP contribution in [0.25, 0.3) is 0 Å². The molecule has 2 rings (SSSR count). The van der Waals surface area contributed by atoms with Crippen LogP contribution < -0.4 is 4.74 Å². The molecule has 0 aliphatic rings. The molecule has 0 radical (unpaired) electrons. The monoisotopic (exact) mass is 403 g/mol. The molecule has 2 aromatic rings. The minimum Gasteiger partial charge on any atom is -0.497 e. The van der Waals surface area contributed by atoms with Crippen LogP contribution in [0.4, 0.5) is 5.69 Å². The highest BCUT2D eigenvalue weighted by atomic mass is 16.6. The Hall–Kier alpha value is -2.48. The van der Waals surface area contributed by atoms with Crippen molar-refractivity contribution in [3.05, 3.63) is 69.8 Å². The van der Waals surface area contributed by atoms with E-state index in [2.05, 4.69) is 0 Å². The number of ether oxygens (including phenoxy) is 2. The molecule has 0 saturated heterocycles. The van der Waals surface area contributed by atoms with Gasteiger partial charge in [0.2, 0.25) is 0 Å². The lowest BCUT2D eigenvalue weighted by atomic mass is 9.95. The smallest absolute Gasteiger partial charge is 0.269 e. The van der Waals surface area contributed by atoms with Crippen molar-refractivity contribution in [2.45, 2.75) is 51.6 Å². The summed E-state index contributed by atoms with van der Waals surface area (Å²) in [5, 5.41) is 31.4. The lowest BCUT2D eigenvalue weighted by molar-refractivity contribution is -0.384. The highest BCUT2D eigenvalue weighted by Crippen LogP contribution is 2.28. The summed E-state index contributed by atoms with van der Waals surface area (Å²) < 4.78 is 11.2. The van der Waals surface area contributed by atoms with Crippen molar-refractivity contribution in [3.8, 4) is 5.75 Å². The van der Waals surface area contributed by atoms with E-state index in [-0.39, 0.29) is 24.4 Å². The number of methoxy groups -OCH3 is 1. The van der Waals surface area contributed by atoms with Gasteiger partial charge in [0.1, 0.15) is 5.75 Å². The predicted octanol–water partition coefficient (Wildman–Crippen LogP) is 4.02. The molecule has 0 aliphatic carbocycles. The third kappa shape index (κ3) is 7.12. The molecule has 158 valence electrons. The van der Waals surface area contributed by atoms with Gasteiger partial charge in [-0.3, -0.25) is 10.1 Å². The van der Waals surface area contributed by atoms with Gasteiger partial charge >= 0.3 is 0 Å². The number of nitrogens with zero attached hydrogens (tertiary/aromatic N) is 1. The summed E-state index contributed by atoms with van der Waals surface area (Å²) in [4.78, 5) is 10.5. The van der Waals surface area contributed by atoms with Crippen molar-refractivity contribution in [2.75, 3.05) is 7.11 Å². The predicted molar refractivity (Wildman–Crippen MR) is 110 cm³/mol. The van der Waals surface area contributed by atoms with Gasteiger partial charge in [0, 0.05) is 18.6 Å². The van der Waals surface area contributed by atoms with Gasteiger partial charge < -0.3 is 19.7 Å². The number of aliphatic hydroxyl groups is 2. The molecule has 0 unspecified atom stereocenters. The fourth-order valence-electron chi connectivity index (χ4n) is 2.92. The van der Waals surface area contributed by atoms with Gasteiger partial charge in [-0.15, -0.1) is 0 Å². The highest BCUT2D eigenvalue weighted by Gasteiger charge is 2.22. The third-order valence-corrected chi connectivity index (χ3v) is 4.86. The van der Waals surface area contributed by atoms with E-state index in [0.29, 0.717) is 6.61 Å². The Balaban J connectivity index is 2.11. The van der Waals surface area contributed by atoms with Crippen molar-refractivity contribution in [1.29, 1.82) is 0 Å². The molecule has 3 atom stereocenters. The molecular formula is C22H29NO6. The van der Waals surface area contributed by atoms with Crippen molar-refractivity contribution >= 4 is 5.69 Å². The Bertz CT molecular complexity index is 760. The van der Waals surface area contributed by atoms with E-state index in [9.17, 15) is 20.3 Å². The molecular weight excluding hydrogens is 374 g/mol. The largest absolute Gasteiger partial charge is 0.497 e. The molecule has 2 N–H and O–H groups in total. The Kier molecular flexibility index (Phi) is 8.57. The normalized spacial score (nSPS) is 14.4. The maximum Gasteiger partial charge on any atom is 0.269 e.